The van der Waals surface area contributed by atoms with Crippen LogP contribution in [0.2, 0.25) is 0 Å². The molecule has 0 aliphatic carbocycles. The van der Waals surface area contributed by atoms with E-state index in [-0.39, 0.29) is 11.5 Å². The molecule has 5 rings (SSSR count). The van der Waals surface area contributed by atoms with Crippen LogP contribution in [0.3, 0.4) is 0 Å². The van der Waals surface area contributed by atoms with Crippen molar-refractivity contribution in [1.82, 2.24) is 4.57 Å². The average Bonchev–Trinajstić information content (AvgIpc) is 3.35. The summed E-state index contributed by atoms with van der Waals surface area (Å²) in [5, 5.41) is 1.88. The smallest absolute Gasteiger partial charge is 0.336 e. The van der Waals surface area contributed by atoms with Gasteiger partial charge >= 0.3 is 5.63 Å². The van der Waals surface area contributed by atoms with Crippen molar-refractivity contribution in [2.24, 2.45) is 0 Å². The predicted octanol–water partition coefficient (Wildman–Crippen LogP) is 6.76. The Morgan fingerprint density at radius 3 is 2.53 bits per heavy atom. The van der Waals surface area contributed by atoms with E-state index in [1.165, 1.54) is 6.07 Å². The third-order valence-electron chi connectivity index (χ3n) is 5.27. The van der Waals surface area contributed by atoms with Crippen molar-refractivity contribution in [2.75, 3.05) is 0 Å². The third kappa shape index (κ3) is 3.16. The highest BCUT2D eigenvalue weighted by atomic mass is 16.4. The molecule has 2 aromatic carbocycles. The van der Waals surface area contributed by atoms with E-state index in [0.717, 1.165) is 38.9 Å². The van der Waals surface area contributed by atoms with Crippen LogP contribution in [0.25, 0.3) is 45.5 Å². The summed E-state index contributed by atoms with van der Waals surface area (Å²) in [7, 11) is 0. The lowest BCUT2D eigenvalue weighted by molar-refractivity contribution is 0.518. The normalized spacial score (nSPS) is 12.0. The van der Waals surface area contributed by atoms with Crippen LogP contribution in [-0.4, -0.2) is 4.57 Å². The summed E-state index contributed by atoms with van der Waals surface area (Å²) in [4.78, 5) is 11.6. The minimum absolute atomic E-state index is 0.213. The lowest BCUT2D eigenvalue weighted by atomic mass is 10.0. The van der Waals surface area contributed by atoms with E-state index in [1.807, 2.05) is 36.5 Å². The molecule has 0 saturated carbocycles. The first-order chi connectivity index (χ1) is 14.6. The van der Waals surface area contributed by atoms with Gasteiger partial charge in [0.25, 0.3) is 0 Å². The zero-order valence-corrected chi connectivity index (χ0v) is 16.8. The molecule has 0 aliphatic rings. The SMILES string of the molecule is CC(C)c1oc2cc3oc(=O)ccc3cc2c1/C=C/n1cccc1-c1ccccc1. The molecule has 0 unspecified atom stereocenters. The Bertz CT molecular complexity index is 1430. The standard InChI is InChI=1S/C26H21NO3/c1-17(2)26-20(12-14-27-13-6-9-22(27)18-7-4-3-5-8-18)21-15-19-10-11-25(28)29-23(19)16-24(21)30-26/h3-17H,1-2H3/b14-12+. The molecule has 0 spiro atoms. The fourth-order valence-corrected chi connectivity index (χ4v) is 3.83. The summed E-state index contributed by atoms with van der Waals surface area (Å²) in [6, 6.07) is 21.5. The highest BCUT2D eigenvalue weighted by Gasteiger charge is 2.16. The molecule has 0 radical (unpaired) electrons. The first-order valence-corrected chi connectivity index (χ1v) is 10.0. The van der Waals surface area contributed by atoms with Crippen molar-refractivity contribution in [3.8, 4) is 11.3 Å². The second kappa shape index (κ2) is 7.23. The summed E-state index contributed by atoms with van der Waals surface area (Å²) < 4.78 is 13.6. The number of fused-ring (bicyclic) bond motifs is 2. The van der Waals surface area contributed by atoms with Gasteiger partial charge in [-0.05, 0) is 35.9 Å². The van der Waals surface area contributed by atoms with Gasteiger partial charge in [-0.3, -0.25) is 0 Å². The highest BCUT2D eigenvalue weighted by Crippen LogP contribution is 2.35. The van der Waals surface area contributed by atoms with E-state index in [1.54, 1.807) is 12.1 Å². The van der Waals surface area contributed by atoms with E-state index >= 15 is 0 Å². The van der Waals surface area contributed by atoms with E-state index in [0.29, 0.717) is 5.58 Å². The van der Waals surface area contributed by atoms with Gasteiger partial charge in [0.2, 0.25) is 0 Å². The number of furan rings is 1. The molecule has 30 heavy (non-hydrogen) atoms. The predicted molar refractivity (Wildman–Crippen MR) is 121 cm³/mol. The number of rotatable bonds is 4. The average molecular weight is 395 g/mol. The van der Waals surface area contributed by atoms with Crippen LogP contribution in [0.15, 0.2) is 86.6 Å². The maximum Gasteiger partial charge on any atom is 0.336 e. The largest absolute Gasteiger partial charge is 0.460 e. The molecule has 4 nitrogen and oxygen atoms in total. The van der Waals surface area contributed by atoms with Crippen LogP contribution >= 0.6 is 0 Å². The molecule has 0 amide bonds. The Morgan fingerprint density at radius 2 is 1.73 bits per heavy atom. The van der Waals surface area contributed by atoms with Crippen LogP contribution in [0.5, 0.6) is 0 Å². The van der Waals surface area contributed by atoms with Crippen LogP contribution < -0.4 is 5.63 Å². The summed E-state index contributed by atoms with van der Waals surface area (Å²) in [5.41, 5.74) is 4.22. The van der Waals surface area contributed by atoms with Gasteiger partial charge in [0.05, 0.1) is 5.69 Å². The molecular weight excluding hydrogens is 374 g/mol. The zero-order valence-electron chi connectivity index (χ0n) is 16.8. The third-order valence-corrected chi connectivity index (χ3v) is 5.27. The summed E-state index contributed by atoms with van der Waals surface area (Å²) in [5.74, 6) is 1.12. The fourth-order valence-electron chi connectivity index (χ4n) is 3.83. The van der Waals surface area contributed by atoms with Gasteiger partial charge in [0.1, 0.15) is 16.9 Å². The van der Waals surface area contributed by atoms with Crippen molar-refractivity contribution in [3.05, 3.63) is 94.7 Å². The lowest BCUT2D eigenvalue weighted by Crippen LogP contribution is -1.93. The Labute approximate surface area is 173 Å². The molecule has 3 heterocycles. The maximum atomic E-state index is 11.6. The monoisotopic (exact) mass is 395 g/mol. The molecule has 4 heteroatoms. The number of nitrogens with zero attached hydrogens (tertiary/aromatic N) is 1. The van der Waals surface area contributed by atoms with Gasteiger partial charge in [-0.2, -0.15) is 0 Å². The van der Waals surface area contributed by atoms with Crippen LogP contribution in [0, 0.1) is 0 Å². The number of hydrogen-bond acceptors (Lipinski definition) is 3. The molecule has 5 aromatic rings. The van der Waals surface area contributed by atoms with Crippen molar-refractivity contribution in [3.63, 3.8) is 0 Å². The molecule has 0 aliphatic heterocycles. The highest BCUT2D eigenvalue weighted by molar-refractivity contribution is 5.99. The molecular formula is C26H21NO3. The second-order valence-corrected chi connectivity index (χ2v) is 7.66. The minimum Gasteiger partial charge on any atom is -0.460 e. The molecule has 0 saturated heterocycles. The first-order valence-electron chi connectivity index (χ1n) is 10.0. The maximum absolute atomic E-state index is 11.6. The van der Waals surface area contributed by atoms with Crippen molar-refractivity contribution < 1.29 is 8.83 Å². The fraction of sp³-hybridized carbons (Fsp3) is 0.115. The van der Waals surface area contributed by atoms with Crippen LogP contribution in [0.1, 0.15) is 31.1 Å². The van der Waals surface area contributed by atoms with Gasteiger partial charge in [-0.1, -0.05) is 44.2 Å². The Balaban J connectivity index is 1.65. The van der Waals surface area contributed by atoms with E-state index in [4.69, 9.17) is 8.83 Å². The number of aromatic nitrogens is 1. The Hall–Kier alpha value is -3.79. The second-order valence-electron chi connectivity index (χ2n) is 7.66. The Kier molecular flexibility index (Phi) is 4.40. The van der Waals surface area contributed by atoms with Gasteiger partial charge in [0.15, 0.2) is 0 Å². The summed E-state index contributed by atoms with van der Waals surface area (Å²) >= 11 is 0. The summed E-state index contributed by atoms with van der Waals surface area (Å²) in [6.07, 6.45) is 6.20. The Morgan fingerprint density at radius 1 is 0.900 bits per heavy atom. The lowest BCUT2D eigenvalue weighted by Gasteiger charge is -2.05. The molecule has 148 valence electrons. The van der Waals surface area contributed by atoms with Crippen LogP contribution in [0.4, 0.5) is 0 Å². The van der Waals surface area contributed by atoms with Gasteiger partial charge in [-0.25, -0.2) is 4.79 Å². The topological polar surface area (TPSA) is 48.3 Å². The molecule has 3 aromatic heterocycles. The van der Waals surface area contributed by atoms with E-state index in [2.05, 4.69) is 48.9 Å². The van der Waals surface area contributed by atoms with Gasteiger partial charge < -0.3 is 13.4 Å². The van der Waals surface area contributed by atoms with Crippen molar-refractivity contribution in [2.45, 2.75) is 19.8 Å². The van der Waals surface area contributed by atoms with Crippen molar-refractivity contribution >= 4 is 34.2 Å². The quantitative estimate of drug-likeness (QED) is 0.316. The van der Waals surface area contributed by atoms with Crippen LogP contribution in [-0.2, 0) is 0 Å². The molecule has 0 fully saturated rings. The van der Waals surface area contributed by atoms with Gasteiger partial charge in [0, 0.05) is 46.8 Å². The van der Waals surface area contributed by atoms with E-state index < -0.39 is 0 Å². The molecule has 0 bridgehead atoms. The first kappa shape index (κ1) is 18.3. The molecule has 0 N–H and O–H groups in total. The zero-order chi connectivity index (χ0) is 20.7. The van der Waals surface area contributed by atoms with Crippen molar-refractivity contribution in [1.29, 1.82) is 0 Å². The summed E-state index contributed by atoms with van der Waals surface area (Å²) in [6.45, 7) is 4.22. The minimum atomic E-state index is -0.362. The molecule has 0 atom stereocenters. The number of benzene rings is 2. The van der Waals surface area contributed by atoms with E-state index in [9.17, 15) is 4.79 Å². The number of hydrogen-bond donors (Lipinski definition) is 0. The van der Waals surface area contributed by atoms with Gasteiger partial charge in [-0.15, -0.1) is 0 Å².